The van der Waals surface area contributed by atoms with Gasteiger partial charge in [0.1, 0.15) is 11.5 Å². The van der Waals surface area contributed by atoms with Gasteiger partial charge in [0.05, 0.1) is 16.6 Å². The van der Waals surface area contributed by atoms with Crippen molar-refractivity contribution in [1.82, 2.24) is 25.1 Å². The maximum Gasteiger partial charge on any atom is 0.253 e. The van der Waals surface area contributed by atoms with Gasteiger partial charge < -0.3 is 9.88 Å². The van der Waals surface area contributed by atoms with Gasteiger partial charge in [0.15, 0.2) is 5.82 Å². The lowest BCUT2D eigenvalue weighted by atomic mass is 10.2. The fraction of sp³-hybridized carbons (Fsp3) is 0.273. The number of nitrogens with zero attached hydrogens (tertiary/aromatic N) is 4. The zero-order valence-electron chi connectivity index (χ0n) is 10.3. The standard InChI is InChI=1S/C11H11Cl2N5O/c1-6(10-17-15-5-18(10)2)16-11(19)7-3-8(12)9(13)14-4-7/h3-6H,1-2H3,(H,16,19). The molecule has 0 radical (unpaired) electrons. The molecule has 8 heteroatoms. The Morgan fingerprint density at radius 2 is 2.21 bits per heavy atom. The molecule has 0 aliphatic heterocycles. The maximum absolute atomic E-state index is 12.0. The first kappa shape index (κ1) is 13.8. The van der Waals surface area contributed by atoms with Gasteiger partial charge in [-0.2, -0.15) is 0 Å². The van der Waals surface area contributed by atoms with Crippen LogP contribution in [0.15, 0.2) is 18.6 Å². The third-order valence-corrected chi connectivity index (χ3v) is 3.23. The number of carbonyl (C=O) groups is 1. The highest BCUT2D eigenvalue weighted by atomic mass is 35.5. The Bertz CT molecular complexity index is 613. The predicted octanol–water partition coefficient (Wildman–Crippen LogP) is 2.01. The van der Waals surface area contributed by atoms with Crippen LogP contribution in [0, 0.1) is 0 Å². The van der Waals surface area contributed by atoms with Crippen molar-refractivity contribution in [2.75, 3.05) is 0 Å². The molecule has 0 aliphatic rings. The minimum Gasteiger partial charge on any atom is -0.342 e. The Balaban J connectivity index is 2.13. The summed E-state index contributed by atoms with van der Waals surface area (Å²) in [6.07, 6.45) is 2.94. The fourth-order valence-electron chi connectivity index (χ4n) is 1.57. The van der Waals surface area contributed by atoms with Crippen LogP contribution in [0.5, 0.6) is 0 Å². The van der Waals surface area contributed by atoms with Gasteiger partial charge in [0, 0.05) is 13.2 Å². The second kappa shape index (κ2) is 5.54. The van der Waals surface area contributed by atoms with Gasteiger partial charge in [-0.3, -0.25) is 4.79 Å². The predicted molar refractivity (Wildman–Crippen MR) is 71.1 cm³/mol. The number of halogens is 2. The minimum atomic E-state index is -0.304. The number of hydrogen-bond acceptors (Lipinski definition) is 4. The molecule has 1 N–H and O–H groups in total. The van der Waals surface area contributed by atoms with Crippen LogP contribution in [0.1, 0.15) is 29.1 Å². The van der Waals surface area contributed by atoms with Crippen LogP contribution in [-0.4, -0.2) is 25.7 Å². The summed E-state index contributed by atoms with van der Waals surface area (Å²) in [6.45, 7) is 1.81. The lowest BCUT2D eigenvalue weighted by Gasteiger charge is -2.13. The van der Waals surface area contributed by atoms with E-state index in [1.165, 1.54) is 12.3 Å². The molecule has 2 aromatic rings. The third-order valence-electron chi connectivity index (χ3n) is 2.54. The smallest absolute Gasteiger partial charge is 0.253 e. The summed E-state index contributed by atoms with van der Waals surface area (Å²) in [6, 6.07) is 1.18. The van der Waals surface area contributed by atoms with E-state index in [2.05, 4.69) is 20.5 Å². The summed E-state index contributed by atoms with van der Waals surface area (Å²) in [5.41, 5.74) is 0.336. The van der Waals surface area contributed by atoms with Crippen molar-refractivity contribution in [2.45, 2.75) is 13.0 Å². The molecule has 0 saturated carbocycles. The number of carbonyl (C=O) groups excluding carboxylic acids is 1. The zero-order valence-corrected chi connectivity index (χ0v) is 11.8. The van der Waals surface area contributed by atoms with Crippen LogP contribution in [0.2, 0.25) is 10.2 Å². The van der Waals surface area contributed by atoms with E-state index in [-0.39, 0.29) is 22.1 Å². The van der Waals surface area contributed by atoms with Crippen molar-refractivity contribution in [3.05, 3.63) is 40.2 Å². The lowest BCUT2D eigenvalue weighted by Crippen LogP contribution is -2.28. The number of hydrogen-bond donors (Lipinski definition) is 1. The Kier molecular flexibility index (Phi) is 4.01. The van der Waals surface area contributed by atoms with Gasteiger partial charge in [-0.05, 0) is 13.0 Å². The van der Waals surface area contributed by atoms with Crippen LogP contribution >= 0.6 is 23.2 Å². The highest BCUT2D eigenvalue weighted by Crippen LogP contribution is 2.20. The van der Waals surface area contributed by atoms with E-state index >= 15 is 0 Å². The zero-order chi connectivity index (χ0) is 14.0. The molecule has 0 saturated heterocycles. The molecule has 1 unspecified atom stereocenters. The Labute approximate surface area is 119 Å². The van der Waals surface area contributed by atoms with Crippen LogP contribution in [0.3, 0.4) is 0 Å². The number of aryl methyl sites for hydroxylation is 1. The molecule has 19 heavy (non-hydrogen) atoms. The molecule has 2 aromatic heterocycles. The molecule has 1 atom stereocenters. The Morgan fingerprint density at radius 1 is 1.47 bits per heavy atom. The number of aromatic nitrogens is 4. The van der Waals surface area contributed by atoms with Crippen LogP contribution in [0.4, 0.5) is 0 Å². The quantitative estimate of drug-likeness (QED) is 0.880. The Hall–Kier alpha value is -1.66. The molecule has 6 nitrogen and oxygen atoms in total. The maximum atomic E-state index is 12.0. The van der Waals surface area contributed by atoms with Crippen molar-refractivity contribution in [2.24, 2.45) is 7.05 Å². The van der Waals surface area contributed by atoms with Gasteiger partial charge >= 0.3 is 0 Å². The van der Waals surface area contributed by atoms with Crippen molar-refractivity contribution in [1.29, 1.82) is 0 Å². The molecular weight excluding hydrogens is 289 g/mol. The summed E-state index contributed by atoms with van der Waals surface area (Å²) < 4.78 is 1.73. The number of rotatable bonds is 3. The SMILES string of the molecule is CC(NC(=O)c1cnc(Cl)c(Cl)c1)c1nncn1C. The molecule has 0 aliphatic carbocycles. The fourth-order valence-corrected chi connectivity index (χ4v) is 1.84. The lowest BCUT2D eigenvalue weighted by molar-refractivity contribution is 0.0937. The average Bonchev–Trinajstić information content (AvgIpc) is 2.79. The van der Waals surface area contributed by atoms with E-state index in [0.717, 1.165) is 0 Å². The van der Waals surface area contributed by atoms with Crippen LogP contribution in [-0.2, 0) is 7.05 Å². The molecule has 0 aromatic carbocycles. The summed E-state index contributed by atoms with van der Waals surface area (Å²) in [5, 5.41) is 10.9. The number of pyridine rings is 1. The molecular formula is C11H11Cl2N5O. The van der Waals surface area contributed by atoms with E-state index < -0.39 is 0 Å². The minimum absolute atomic E-state index is 0.166. The topological polar surface area (TPSA) is 72.7 Å². The average molecular weight is 300 g/mol. The summed E-state index contributed by atoms with van der Waals surface area (Å²) >= 11 is 11.5. The van der Waals surface area contributed by atoms with E-state index in [4.69, 9.17) is 23.2 Å². The van der Waals surface area contributed by atoms with Gasteiger partial charge in [0.2, 0.25) is 0 Å². The molecule has 0 bridgehead atoms. The van der Waals surface area contributed by atoms with Crippen LogP contribution < -0.4 is 5.32 Å². The second-order valence-electron chi connectivity index (χ2n) is 3.99. The van der Waals surface area contributed by atoms with E-state index in [0.29, 0.717) is 11.4 Å². The number of nitrogens with one attached hydrogen (secondary N) is 1. The molecule has 1 amide bonds. The summed E-state index contributed by atoms with van der Waals surface area (Å²) in [5.74, 6) is 0.350. The first-order valence-corrected chi connectivity index (χ1v) is 6.20. The van der Waals surface area contributed by atoms with Gasteiger partial charge in [-0.25, -0.2) is 4.98 Å². The first-order chi connectivity index (χ1) is 8.99. The summed E-state index contributed by atoms with van der Waals surface area (Å²) in [7, 11) is 1.80. The van der Waals surface area contributed by atoms with Gasteiger partial charge in [-0.1, -0.05) is 23.2 Å². The number of amides is 1. The van der Waals surface area contributed by atoms with Gasteiger partial charge in [0.25, 0.3) is 5.91 Å². The molecule has 0 fully saturated rings. The molecule has 100 valence electrons. The highest BCUT2D eigenvalue weighted by molar-refractivity contribution is 6.41. The second-order valence-corrected chi connectivity index (χ2v) is 4.76. The van der Waals surface area contributed by atoms with Crippen molar-refractivity contribution in [3.63, 3.8) is 0 Å². The van der Waals surface area contributed by atoms with E-state index in [1.807, 2.05) is 6.92 Å². The van der Waals surface area contributed by atoms with Gasteiger partial charge in [-0.15, -0.1) is 10.2 Å². The first-order valence-electron chi connectivity index (χ1n) is 5.45. The molecule has 2 heterocycles. The summed E-state index contributed by atoms with van der Waals surface area (Å²) in [4.78, 5) is 15.8. The van der Waals surface area contributed by atoms with Crippen molar-refractivity contribution >= 4 is 29.1 Å². The monoisotopic (exact) mass is 299 g/mol. The largest absolute Gasteiger partial charge is 0.342 e. The van der Waals surface area contributed by atoms with E-state index in [9.17, 15) is 4.79 Å². The normalized spacial score (nSPS) is 12.2. The van der Waals surface area contributed by atoms with E-state index in [1.54, 1.807) is 17.9 Å². The Morgan fingerprint density at radius 3 is 2.79 bits per heavy atom. The van der Waals surface area contributed by atoms with Crippen LogP contribution in [0.25, 0.3) is 0 Å². The molecule has 0 spiro atoms. The van der Waals surface area contributed by atoms with Crippen molar-refractivity contribution < 1.29 is 4.79 Å². The highest BCUT2D eigenvalue weighted by Gasteiger charge is 2.16. The third kappa shape index (κ3) is 3.02. The van der Waals surface area contributed by atoms with Crippen molar-refractivity contribution in [3.8, 4) is 0 Å². The molecule has 2 rings (SSSR count).